The lowest BCUT2D eigenvalue weighted by molar-refractivity contribution is 1.02. The minimum atomic E-state index is 0.879. The fourth-order valence-electron chi connectivity index (χ4n) is 0.933. The molecular formula is C9H11BrN2. The van der Waals surface area contributed by atoms with Gasteiger partial charge in [0.1, 0.15) is 0 Å². The van der Waals surface area contributed by atoms with Crippen LogP contribution in [-0.4, -0.2) is 15.5 Å². The second kappa shape index (κ2) is 4.32. The highest BCUT2D eigenvalue weighted by Gasteiger charge is 2.00. The third-order valence-electron chi connectivity index (χ3n) is 1.56. The third kappa shape index (κ3) is 2.12. The number of aromatic nitrogens is 2. The molecule has 1 N–H and O–H groups in total. The van der Waals surface area contributed by atoms with Gasteiger partial charge in [0, 0.05) is 17.4 Å². The van der Waals surface area contributed by atoms with Crippen LogP contribution in [0.2, 0.25) is 0 Å². The normalized spacial score (nSPS) is 9.25. The van der Waals surface area contributed by atoms with Crippen LogP contribution in [-0.2, 0) is 0 Å². The van der Waals surface area contributed by atoms with Crippen LogP contribution in [0, 0.1) is 25.7 Å². The summed E-state index contributed by atoms with van der Waals surface area (Å²) in [5, 5.41) is 7.88. The Kier molecular flexibility index (Phi) is 3.36. The fourth-order valence-corrected chi connectivity index (χ4v) is 1.13. The molecule has 0 spiro atoms. The Morgan fingerprint density at radius 3 is 2.75 bits per heavy atom. The molecule has 0 unspecified atom stereocenters. The van der Waals surface area contributed by atoms with Crippen LogP contribution >= 0.6 is 15.9 Å². The van der Waals surface area contributed by atoms with Crippen molar-refractivity contribution in [1.29, 1.82) is 0 Å². The van der Waals surface area contributed by atoms with E-state index in [2.05, 4.69) is 38.0 Å². The smallest absolute Gasteiger partial charge is 0.0750 e. The predicted octanol–water partition coefficient (Wildman–Crippen LogP) is 2.16. The summed E-state index contributed by atoms with van der Waals surface area (Å²) >= 11 is 3.32. The number of nitrogens with zero attached hydrogens (tertiary/aromatic N) is 1. The third-order valence-corrected chi connectivity index (χ3v) is 1.96. The molecule has 64 valence electrons. The van der Waals surface area contributed by atoms with Crippen LogP contribution in [0.4, 0.5) is 0 Å². The summed E-state index contributed by atoms with van der Waals surface area (Å²) in [5.41, 5.74) is 3.07. The summed E-state index contributed by atoms with van der Waals surface area (Å²) in [5.74, 6) is 6.15. The zero-order valence-corrected chi connectivity index (χ0v) is 8.83. The van der Waals surface area contributed by atoms with Crippen molar-refractivity contribution in [3.8, 4) is 11.8 Å². The van der Waals surface area contributed by atoms with Crippen LogP contribution in [0.3, 0.4) is 0 Å². The van der Waals surface area contributed by atoms with E-state index in [1.807, 2.05) is 13.8 Å². The van der Waals surface area contributed by atoms with E-state index in [0.717, 1.165) is 28.7 Å². The number of alkyl halides is 1. The molecule has 1 rings (SSSR count). The van der Waals surface area contributed by atoms with E-state index in [4.69, 9.17) is 0 Å². The molecule has 12 heavy (non-hydrogen) atoms. The number of hydrogen-bond acceptors (Lipinski definition) is 1. The molecule has 0 saturated heterocycles. The Morgan fingerprint density at radius 1 is 1.50 bits per heavy atom. The van der Waals surface area contributed by atoms with Gasteiger partial charge in [0.25, 0.3) is 0 Å². The Bertz CT molecular complexity index is 298. The molecule has 1 aromatic heterocycles. The summed E-state index contributed by atoms with van der Waals surface area (Å²) in [6.07, 6.45) is 0.879. The lowest BCUT2D eigenvalue weighted by Crippen LogP contribution is -1.79. The first kappa shape index (κ1) is 9.34. The van der Waals surface area contributed by atoms with Crippen molar-refractivity contribution in [2.45, 2.75) is 20.3 Å². The van der Waals surface area contributed by atoms with Gasteiger partial charge < -0.3 is 0 Å². The van der Waals surface area contributed by atoms with Crippen LogP contribution in [0.1, 0.15) is 23.4 Å². The number of aryl methyl sites for hydroxylation is 2. The Hall–Kier alpha value is -0.750. The van der Waals surface area contributed by atoms with Crippen LogP contribution in [0.5, 0.6) is 0 Å². The molecule has 0 fully saturated rings. The largest absolute Gasteiger partial charge is 0.281 e. The molecule has 0 radical (unpaired) electrons. The number of nitrogens with one attached hydrogen (secondary N) is 1. The van der Waals surface area contributed by atoms with E-state index in [1.165, 1.54) is 0 Å². The van der Waals surface area contributed by atoms with Gasteiger partial charge in [-0.25, -0.2) is 0 Å². The van der Waals surface area contributed by atoms with Gasteiger partial charge in [0.05, 0.1) is 11.3 Å². The van der Waals surface area contributed by atoms with Gasteiger partial charge in [0.15, 0.2) is 0 Å². The van der Waals surface area contributed by atoms with Gasteiger partial charge >= 0.3 is 0 Å². The Balaban J connectivity index is 2.82. The first-order valence-electron chi connectivity index (χ1n) is 3.82. The van der Waals surface area contributed by atoms with Gasteiger partial charge in [0.2, 0.25) is 0 Å². The molecule has 0 aromatic carbocycles. The van der Waals surface area contributed by atoms with Gasteiger partial charge in [-0.1, -0.05) is 27.8 Å². The van der Waals surface area contributed by atoms with E-state index in [9.17, 15) is 0 Å². The molecule has 1 aromatic rings. The molecule has 0 bridgehead atoms. The number of halogens is 1. The number of rotatable bonds is 1. The van der Waals surface area contributed by atoms with Crippen molar-refractivity contribution >= 4 is 15.9 Å². The van der Waals surface area contributed by atoms with Crippen molar-refractivity contribution in [3.63, 3.8) is 0 Å². The first-order valence-corrected chi connectivity index (χ1v) is 4.94. The van der Waals surface area contributed by atoms with Crippen LogP contribution in [0.15, 0.2) is 0 Å². The van der Waals surface area contributed by atoms with E-state index < -0.39 is 0 Å². The van der Waals surface area contributed by atoms with Gasteiger partial charge in [-0.3, -0.25) is 5.10 Å². The topological polar surface area (TPSA) is 28.7 Å². The van der Waals surface area contributed by atoms with E-state index in [-0.39, 0.29) is 0 Å². The molecule has 0 aliphatic carbocycles. The van der Waals surface area contributed by atoms with E-state index >= 15 is 0 Å². The zero-order valence-electron chi connectivity index (χ0n) is 7.24. The maximum Gasteiger partial charge on any atom is 0.0750 e. The van der Waals surface area contributed by atoms with Crippen molar-refractivity contribution < 1.29 is 0 Å². The first-order chi connectivity index (χ1) is 5.75. The zero-order chi connectivity index (χ0) is 8.97. The molecular weight excluding hydrogens is 216 g/mol. The Labute approximate surface area is 80.9 Å². The quantitative estimate of drug-likeness (QED) is 0.578. The van der Waals surface area contributed by atoms with Gasteiger partial charge in [-0.05, 0) is 13.8 Å². The SMILES string of the molecule is Cc1n[nH]c(C)c1C#CCCBr. The maximum atomic E-state index is 4.06. The van der Waals surface area contributed by atoms with Crippen molar-refractivity contribution in [1.82, 2.24) is 10.2 Å². The highest BCUT2D eigenvalue weighted by atomic mass is 79.9. The minimum Gasteiger partial charge on any atom is -0.281 e. The molecule has 2 nitrogen and oxygen atoms in total. The van der Waals surface area contributed by atoms with Crippen LogP contribution in [0.25, 0.3) is 0 Å². The maximum absolute atomic E-state index is 4.06. The van der Waals surface area contributed by atoms with E-state index in [0.29, 0.717) is 0 Å². The summed E-state index contributed by atoms with van der Waals surface area (Å²) in [4.78, 5) is 0. The van der Waals surface area contributed by atoms with Crippen molar-refractivity contribution in [3.05, 3.63) is 17.0 Å². The number of aromatic amines is 1. The minimum absolute atomic E-state index is 0.879. The predicted molar refractivity (Wildman–Crippen MR) is 53.4 cm³/mol. The van der Waals surface area contributed by atoms with E-state index in [1.54, 1.807) is 0 Å². The van der Waals surface area contributed by atoms with Crippen molar-refractivity contribution in [2.75, 3.05) is 5.33 Å². The highest BCUT2D eigenvalue weighted by molar-refractivity contribution is 9.09. The summed E-state index contributed by atoms with van der Waals surface area (Å²) in [7, 11) is 0. The van der Waals surface area contributed by atoms with Crippen LogP contribution < -0.4 is 0 Å². The highest BCUT2D eigenvalue weighted by Crippen LogP contribution is 2.06. The van der Waals surface area contributed by atoms with Gasteiger partial charge in [-0.2, -0.15) is 5.10 Å². The second-order valence-corrected chi connectivity index (χ2v) is 3.34. The number of H-pyrrole nitrogens is 1. The molecule has 0 aliphatic rings. The summed E-state index contributed by atoms with van der Waals surface area (Å²) < 4.78 is 0. The summed E-state index contributed by atoms with van der Waals surface area (Å²) in [6, 6.07) is 0. The lowest BCUT2D eigenvalue weighted by atomic mass is 10.2. The van der Waals surface area contributed by atoms with Crippen molar-refractivity contribution in [2.24, 2.45) is 0 Å². The average Bonchev–Trinajstić information content (AvgIpc) is 2.35. The fraction of sp³-hybridized carbons (Fsp3) is 0.444. The molecule has 0 atom stereocenters. The molecule has 0 amide bonds. The standard InChI is InChI=1S/C9H11BrN2/c1-7-9(5-3-4-6-10)8(2)12-11-7/h4,6H2,1-2H3,(H,11,12). The number of hydrogen-bond donors (Lipinski definition) is 1. The molecule has 0 aliphatic heterocycles. The average molecular weight is 227 g/mol. The molecule has 0 saturated carbocycles. The summed E-state index contributed by atoms with van der Waals surface area (Å²) in [6.45, 7) is 3.94. The monoisotopic (exact) mass is 226 g/mol. The Morgan fingerprint density at radius 2 is 2.25 bits per heavy atom. The molecule has 1 heterocycles. The lowest BCUT2D eigenvalue weighted by Gasteiger charge is -1.86. The van der Waals surface area contributed by atoms with Gasteiger partial charge in [-0.15, -0.1) is 0 Å². The molecule has 3 heteroatoms. The second-order valence-electron chi connectivity index (χ2n) is 2.55.